The van der Waals surface area contributed by atoms with Gasteiger partial charge in [0.1, 0.15) is 12.8 Å². The molecule has 110 valence electrons. The van der Waals surface area contributed by atoms with E-state index in [-0.39, 0.29) is 5.97 Å². The lowest BCUT2D eigenvalue weighted by Gasteiger charge is -2.16. The summed E-state index contributed by atoms with van der Waals surface area (Å²) in [7, 11) is 0. The highest BCUT2D eigenvalue weighted by molar-refractivity contribution is 5.74. The molecule has 0 aliphatic heterocycles. The first kappa shape index (κ1) is 22.3. The first-order valence-electron chi connectivity index (χ1n) is 6.82. The molecule has 0 aromatic carbocycles. The van der Waals surface area contributed by atoms with Crippen LogP contribution in [0.5, 0.6) is 0 Å². The lowest BCUT2D eigenvalue weighted by Crippen LogP contribution is -2.30. The zero-order valence-corrected chi connectivity index (χ0v) is 12.7. The van der Waals surface area contributed by atoms with Gasteiger partial charge in [-0.25, -0.2) is 0 Å². The van der Waals surface area contributed by atoms with Gasteiger partial charge in [-0.1, -0.05) is 40.5 Å². The van der Waals surface area contributed by atoms with Crippen LogP contribution in [0.3, 0.4) is 0 Å². The van der Waals surface area contributed by atoms with E-state index in [0.717, 1.165) is 25.7 Å². The van der Waals surface area contributed by atoms with Crippen LogP contribution in [-0.4, -0.2) is 25.4 Å². The molecule has 0 radical (unpaired) electrons. The lowest BCUT2D eigenvalue weighted by atomic mass is 9.99. The van der Waals surface area contributed by atoms with Gasteiger partial charge in [0.05, 0.1) is 6.61 Å². The van der Waals surface area contributed by atoms with E-state index in [4.69, 9.17) is 15.3 Å². The van der Waals surface area contributed by atoms with Gasteiger partial charge in [0.25, 0.3) is 0 Å². The number of esters is 1. The largest absolute Gasteiger partial charge is 0.464 e. The summed E-state index contributed by atoms with van der Waals surface area (Å²) in [4.78, 5) is 19.1. The van der Waals surface area contributed by atoms with Gasteiger partial charge in [0, 0.05) is 0 Å². The molecule has 0 aromatic rings. The van der Waals surface area contributed by atoms with Gasteiger partial charge in [-0.15, -0.1) is 0 Å². The quantitative estimate of drug-likeness (QED) is 0.715. The minimum absolute atomic E-state index is 0.290. The minimum Gasteiger partial charge on any atom is -0.464 e. The van der Waals surface area contributed by atoms with E-state index in [1.165, 1.54) is 0 Å². The van der Waals surface area contributed by atoms with Crippen molar-refractivity contribution >= 4 is 12.8 Å². The fourth-order valence-corrected chi connectivity index (χ4v) is 1.46. The third-order valence-corrected chi connectivity index (χ3v) is 2.23. The Balaban J connectivity index is -0.000000506. The van der Waals surface area contributed by atoms with Crippen molar-refractivity contribution in [3.05, 3.63) is 0 Å². The van der Waals surface area contributed by atoms with Crippen LogP contribution in [0.15, 0.2) is 0 Å². The maximum atomic E-state index is 11.1. The molecule has 0 rings (SSSR count). The molecule has 0 saturated heterocycles. The third-order valence-electron chi connectivity index (χ3n) is 2.23. The highest BCUT2D eigenvalue weighted by Crippen LogP contribution is 2.13. The molecular weight excluding hydrogens is 230 g/mol. The van der Waals surface area contributed by atoms with E-state index >= 15 is 0 Å². The van der Waals surface area contributed by atoms with Gasteiger partial charge >= 0.3 is 5.97 Å². The molecule has 0 fully saturated rings. The molecule has 0 aliphatic carbocycles. The van der Waals surface area contributed by atoms with Crippen LogP contribution in [0.25, 0.3) is 0 Å². The summed E-state index contributed by atoms with van der Waals surface area (Å²) < 4.78 is 5.11. The van der Waals surface area contributed by atoms with Crippen LogP contribution >= 0.6 is 0 Å². The number of hydrogen-bond acceptors (Lipinski definition) is 4. The van der Waals surface area contributed by atoms with E-state index in [1.54, 1.807) is 6.92 Å². The van der Waals surface area contributed by atoms with Crippen molar-refractivity contribution in [3.8, 4) is 0 Å². The van der Waals surface area contributed by atoms with Crippen LogP contribution in [0.2, 0.25) is 0 Å². The van der Waals surface area contributed by atoms with Gasteiger partial charge in [0.15, 0.2) is 0 Å². The molecule has 0 bridgehead atoms. The van der Waals surface area contributed by atoms with Gasteiger partial charge < -0.3 is 15.3 Å². The zero-order chi connectivity index (χ0) is 15.0. The summed E-state index contributed by atoms with van der Waals surface area (Å²) in [5, 5.41) is 0. The van der Waals surface area contributed by atoms with Crippen molar-refractivity contribution in [3.63, 3.8) is 0 Å². The molecule has 4 nitrogen and oxygen atoms in total. The van der Waals surface area contributed by atoms with Crippen molar-refractivity contribution in [1.82, 2.24) is 0 Å². The molecule has 0 saturated carbocycles. The Morgan fingerprint density at radius 1 is 1.17 bits per heavy atom. The smallest absolute Gasteiger partial charge is 0.322 e. The van der Waals surface area contributed by atoms with Gasteiger partial charge in [-0.3, -0.25) is 4.79 Å². The minimum atomic E-state index is -0.501. The standard InChI is InChI=1S/C11H23NO2.C2H6.CH2O/c1-4-6-10(7-5-2)8-14-11(13)9(3)12;2*1-2/h9-10H,4-8,12H2,1-3H3;1-2H3;1H2. The summed E-state index contributed by atoms with van der Waals surface area (Å²) in [5.74, 6) is 0.218. The Morgan fingerprint density at radius 2 is 1.56 bits per heavy atom. The number of carbonyl (C=O) groups excluding carboxylic acids is 2. The van der Waals surface area contributed by atoms with Crippen LogP contribution in [-0.2, 0) is 14.3 Å². The maximum absolute atomic E-state index is 11.1. The summed E-state index contributed by atoms with van der Waals surface area (Å²) in [6.07, 6.45) is 4.53. The van der Waals surface area contributed by atoms with E-state index < -0.39 is 6.04 Å². The summed E-state index contributed by atoms with van der Waals surface area (Å²) in [6, 6.07) is -0.501. The van der Waals surface area contributed by atoms with Gasteiger partial charge in [-0.2, -0.15) is 0 Å². The fraction of sp³-hybridized carbons (Fsp3) is 0.857. The average Bonchev–Trinajstić information content (AvgIpc) is 2.40. The number of rotatable bonds is 7. The second-order valence-electron chi connectivity index (χ2n) is 3.86. The molecule has 1 atom stereocenters. The molecule has 0 amide bonds. The van der Waals surface area contributed by atoms with Crippen LogP contribution in [0.1, 0.15) is 60.3 Å². The predicted octanol–water partition coefficient (Wildman–Crippen LogP) is 2.93. The van der Waals surface area contributed by atoms with E-state index in [0.29, 0.717) is 12.5 Å². The molecular formula is C14H31NO3. The van der Waals surface area contributed by atoms with Crippen LogP contribution in [0.4, 0.5) is 0 Å². The van der Waals surface area contributed by atoms with E-state index in [2.05, 4.69) is 13.8 Å². The normalized spacial score (nSPS) is 10.6. The Morgan fingerprint density at radius 3 is 1.83 bits per heavy atom. The number of nitrogens with two attached hydrogens (primary N) is 1. The molecule has 18 heavy (non-hydrogen) atoms. The first-order valence-corrected chi connectivity index (χ1v) is 6.82. The predicted molar refractivity (Wildman–Crippen MR) is 76.4 cm³/mol. The zero-order valence-electron chi connectivity index (χ0n) is 12.7. The topological polar surface area (TPSA) is 69.4 Å². The van der Waals surface area contributed by atoms with Crippen molar-refractivity contribution in [1.29, 1.82) is 0 Å². The van der Waals surface area contributed by atoms with Crippen LogP contribution in [0, 0.1) is 5.92 Å². The van der Waals surface area contributed by atoms with Crippen LogP contribution < -0.4 is 5.73 Å². The molecule has 0 spiro atoms. The summed E-state index contributed by atoms with van der Waals surface area (Å²) in [5.41, 5.74) is 5.40. The maximum Gasteiger partial charge on any atom is 0.322 e. The van der Waals surface area contributed by atoms with E-state index in [9.17, 15) is 4.79 Å². The highest BCUT2D eigenvalue weighted by atomic mass is 16.5. The molecule has 0 aliphatic rings. The average molecular weight is 261 g/mol. The highest BCUT2D eigenvalue weighted by Gasteiger charge is 2.12. The molecule has 0 aromatic heterocycles. The first-order chi connectivity index (χ1) is 8.61. The molecule has 0 heterocycles. The Labute approximate surface area is 112 Å². The Bertz CT molecular complexity index is 166. The Kier molecular flexibility index (Phi) is 22.9. The lowest BCUT2D eigenvalue weighted by molar-refractivity contribution is -0.146. The second kappa shape index (κ2) is 18.5. The fourth-order valence-electron chi connectivity index (χ4n) is 1.46. The molecule has 2 N–H and O–H groups in total. The third kappa shape index (κ3) is 15.1. The van der Waals surface area contributed by atoms with Gasteiger partial charge in [0.2, 0.25) is 0 Å². The van der Waals surface area contributed by atoms with Crippen molar-refractivity contribution < 1.29 is 14.3 Å². The monoisotopic (exact) mass is 261 g/mol. The van der Waals surface area contributed by atoms with Crippen molar-refractivity contribution in [2.24, 2.45) is 11.7 Å². The SMILES string of the molecule is C=O.CC.CCCC(CCC)COC(=O)C(C)N. The summed E-state index contributed by atoms with van der Waals surface area (Å²) >= 11 is 0. The number of ether oxygens (including phenoxy) is 1. The Hall–Kier alpha value is -0.900. The molecule has 1 unspecified atom stereocenters. The second-order valence-corrected chi connectivity index (χ2v) is 3.86. The number of hydrogen-bond donors (Lipinski definition) is 1. The van der Waals surface area contributed by atoms with Gasteiger partial charge in [-0.05, 0) is 25.7 Å². The summed E-state index contributed by atoms with van der Waals surface area (Å²) in [6.45, 7) is 12.5. The molecule has 4 heteroatoms. The van der Waals surface area contributed by atoms with Crippen molar-refractivity contribution in [2.45, 2.75) is 66.3 Å². The number of carbonyl (C=O) groups is 2. The van der Waals surface area contributed by atoms with E-state index in [1.807, 2.05) is 20.6 Å². The van der Waals surface area contributed by atoms with Crippen molar-refractivity contribution in [2.75, 3.05) is 6.61 Å².